The van der Waals surface area contributed by atoms with Gasteiger partial charge in [-0.15, -0.1) is 0 Å². The standard InChI is InChI=1S/C5H12O.C2H6O/c1-5(2,3)6-4;1-2-3/h1-4H3;3H,2H2,1H3. The first-order valence-electron chi connectivity index (χ1n) is 3.14. The van der Waals surface area contributed by atoms with Crippen LogP contribution in [0.4, 0.5) is 0 Å². The van der Waals surface area contributed by atoms with Gasteiger partial charge < -0.3 is 9.84 Å². The SMILES string of the molecule is CCO.COC(C)(C)C. The van der Waals surface area contributed by atoms with E-state index in [1.807, 2.05) is 20.8 Å². The first kappa shape index (κ1) is 11.7. The Morgan fingerprint density at radius 2 is 1.44 bits per heavy atom. The zero-order valence-corrected chi connectivity index (χ0v) is 7.06. The van der Waals surface area contributed by atoms with E-state index in [4.69, 9.17) is 9.84 Å². The lowest BCUT2D eigenvalue weighted by Crippen LogP contribution is -2.15. The monoisotopic (exact) mass is 134 g/mol. The van der Waals surface area contributed by atoms with E-state index < -0.39 is 0 Å². The van der Waals surface area contributed by atoms with Crippen molar-refractivity contribution in [3.63, 3.8) is 0 Å². The molecule has 0 aliphatic carbocycles. The van der Waals surface area contributed by atoms with E-state index in [0.717, 1.165) is 0 Å². The molecule has 1 N–H and O–H groups in total. The van der Waals surface area contributed by atoms with E-state index in [1.165, 1.54) is 0 Å². The summed E-state index contributed by atoms with van der Waals surface area (Å²) >= 11 is 0. The van der Waals surface area contributed by atoms with Crippen molar-refractivity contribution in [3.8, 4) is 0 Å². The molecule has 9 heavy (non-hydrogen) atoms. The van der Waals surface area contributed by atoms with Crippen LogP contribution < -0.4 is 0 Å². The fraction of sp³-hybridized carbons (Fsp3) is 1.00. The van der Waals surface area contributed by atoms with Crippen molar-refractivity contribution >= 4 is 0 Å². The van der Waals surface area contributed by atoms with Crippen molar-refractivity contribution in [2.24, 2.45) is 0 Å². The molecule has 0 fully saturated rings. The predicted molar refractivity (Wildman–Crippen MR) is 39.5 cm³/mol. The van der Waals surface area contributed by atoms with E-state index in [2.05, 4.69) is 0 Å². The fourth-order valence-electron chi connectivity index (χ4n) is 0. The van der Waals surface area contributed by atoms with Gasteiger partial charge in [-0.25, -0.2) is 0 Å². The molecule has 0 heterocycles. The normalized spacial score (nSPS) is 10.0. The van der Waals surface area contributed by atoms with Crippen LogP contribution >= 0.6 is 0 Å². The van der Waals surface area contributed by atoms with Gasteiger partial charge in [0.1, 0.15) is 0 Å². The molecule has 0 bridgehead atoms. The van der Waals surface area contributed by atoms with Crippen LogP contribution in [0.15, 0.2) is 0 Å². The Bertz CT molecular complexity index is 45.4. The maximum atomic E-state index is 7.57. The number of aliphatic hydroxyl groups is 1. The van der Waals surface area contributed by atoms with Crippen LogP contribution in [0.3, 0.4) is 0 Å². The van der Waals surface area contributed by atoms with Gasteiger partial charge in [0.25, 0.3) is 0 Å². The topological polar surface area (TPSA) is 29.5 Å². The summed E-state index contributed by atoms with van der Waals surface area (Å²) in [5, 5.41) is 7.57. The quantitative estimate of drug-likeness (QED) is 0.543. The highest BCUT2D eigenvalue weighted by molar-refractivity contribution is 4.55. The summed E-state index contributed by atoms with van der Waals surface area (Å²) in [4.78, 5) is 0. The molecule has 0 saturated carbocycles. The van der Waals surface area contributed by atoms with E-state index in [9.17, 15) is 0 Å². The molecule has 0 aromatic rings. The lowest BCUT2D eigenvalue weighted by Gasteiger charge is -2.14. The first-order chi connectivity index (χ1) is 3.97. The Morgan fingerprint density at radius 1 is 1.33 bits per heavy atom. The van der Waals surface area contributed by atoms with Crippen LogP contribution in [0.2, 0.25) is 0 Å². The molecule has 0 spiro atoms. The molecule has 0 aliphatic rings. The minimum absolute atomic E-state index is 0.0417. The van der Waals surface area contributed by atoms with Crippen LogP contribution in [0.1, 0.15) is 27.7 Å². The van der Waals surface area contributed by atoms with Gasteiger partial charge in [-0.1, -0.05) is 0 Å². The zero-order chi connectivity index (χ0) is 7.91. The number of hydrogen-bond acceptors (Lipinski definition) is 2. The molecule has 0 unspecified atom stereocenters. The van der Waals surface area contributed by atoms with Gasteiger partial charge in [0, 0.05) is 13.7 Å². The van der Waals surface area contributed by atoms with Crippen LogP contribution in [-0.4, -0.2) is 24.4 Å². The zero-order valence-electron chi connectivity index (χ0n) is 7.06. The highest BCUT2D eigenvalue weighted by Crippen LogP contribution is 2.02. The van der Waals surface area contributed by atoms with Gasteiger partial charge >= 0.3 is 0 Å². The van der Waals surface area contributed by atoms with Crippen molar-refractivity contribution in [3.05, 3.63) is 0 Å². The van der Waals surface area contributed by atoms with Crippen LogP contribution in [0.5, 0.6) is 0 Å². The highest BCUT2D eigenvalue weighted by atomic mass is 16.5. The van der Waals surface area contributed by atoms with Gasteiger partial charge in [-0.05, 0) is 27.7 Å². The summed E-state index contributed by atoms with van der Waals surface area (Å²) in [6.45, 7) is 7.99. The smallest absolute Gasteiger partial charge is 0.0594 e. The summed E-state index contributed by atoms with van der Waals surface area (Å²) in [5.74, 6) is 0. The van der Waals surface area contributed by atoms with E-state index in [-0.39, 0.29) is 12.2 Å². The van der Waals surface area contributed by atoms with Gasteiger partial charge in [0.2, 0.25) is 0 Å². The van der Waals surface area contributed by atoms with Crippen LogP contribution in [-0.2, 0) is 4.74 Å². The Kier molecular flexibility index (Phi) is 7.85. The molecule has 0 aromatic heterocycles. The van der Waals surface area contributed by atoms with Crippen LogP contribution in [0.25, 0.3) is 0 Å². The third-order valence-corrected chi connectivity index (χ3v) is 0.612. The summed E-state index contributed by atoms with van der Waals surface area (Å²) in [6, 6.07) is 0. The van der Waals surface area contributed by atoms with Crippen molar-refractivity contribution in [1.82, 2.24) is 0 Å². The maximum absolute atomic E-state index is 7.57. The molecule has 0 atom stereocenters. The summed E-state index contributed by atoms with van der Waals surface area (Å²) in [6.07, 6.45) is 0. The molecule has 0 rings (SSSR count). The number of methoxy groups -OCH3 is 1. The van der Waals surface area contributed by atoms with E-state index >= 15 is 0 Å². The number of aliphatic hydroxyl groups excluding tert-OH is 1. The number of rotatable bonds is 0. The van der Waals surface area contributed by atoms with E-state index in [1.54, 1.807) is 14.0 Å². The summed E-state index contributed by atoms with van der Waals surface area (Å²) in [5.41, 5.74) is 0.0417. The second kappa shape index (κ2) is 6.05. The molecule has 0 aliphatic heterocycles. The van der Waals surface area contributed by atoms with Gasteiger partial charge in [-0.2, -0.15) is 0 Å². The lowest BCUT2D eigenvalue weighted by molar-refractivity contribution is 0.0397. The Labute approximate surface area is 57.8 Å². The highest BCUT2D eigenvalue weighted by Gasteiger charge is 2.03. The molecule has 2 heteroatoms. The number of hydrogen-bond donors (Lipinski definition) is 1. The van der Waals surface area contributed by atoms with Crippen molar-refractivity contribution < 1.29 is 9.84 Å². The average molecular weight is 134 g/mol. The minimum atomic E-state index is 0.0417. The second-order valence-corrected chi connectivity index (χ2v) is 2.63. The van der Waals surface area contributed by atoms with Gasteiger partial charge in [0.05, 0.1) is 5.60 Å². The second-order valence-electron chi connectivity index (χ2n) is 2.63. The fourth-order valence-corrected chi connectivity index (χ4v) is 0. The summed E-state index contributed by atoms with van der Waals surface area (Å²) < 4.78 is 4.94. The molecule has 2 nitrogen and oxygen atoms in total. The van der Waals surface area contributed by atoms with Crippen LogP contribution in [0, 0.1) is 0 Å². The van der Waals surface area contributed by atoms with Crippen molar-refractivity contribution in [2.75, 3.05) is 13.7 Å². The molecule has 58 valence electrons. The van der Waals surface area contributed by atoms with E-state index in [0.29, 0.717) is 0 Å². The molecule has 0 amide bonds. The first-order valence-corrected chi connectivity index (χ1v) is 3.14. The maximum Gasteiger partial charge on any atom is 0.0594 e. The van der Waals surface area contributed by atoms with Gasteiger partial charge in [-0.3, -0.25) is 0 Å². The van der Waals surface area contributed by atoms with Crippen molar-refractivity contribution in [1.29, 1.82) is 0 Å². The lowest BCUT2D eigenvalue weighted by atomic mass is 10.2. The molecule has 0 radical (unpaired) electrons. The van der Waals surface area contributed by atoms with Crippen molar-refractivity contribution in [2.45, 2.75) is 33.3 Å². The molecule has 0 aromatic carbocycles. The molecular weight excluding hydrogens is 116 g/mol. The summed E-state index contributed by atoms with van der Waals surface area (Å²) in [7, 11) is 1.71. The minimum Gasteiger partial charge on any atom is -0.397 e. The molecule has 0 saturated heterocycles. The van der Waals surface area contributed by atoms with Gasteiger partial charge in [0.15, 0.2) is 0 Å². The largest absolute Gasteiger partial charge is 0.397 e. The average Bonchev–Trinajstić information content (AvgIpc) is 1.67. The third kappa shape index (κ3) is 32.6. The predicted octanol–water partition coefficient (Wildman–Crippen LogP) is 1.43. The Morgan fingerprint density at radius 3 is 1.44 bits per heavy atom. The third-order valence-electron chi connectivity index (χ3n) is 0.612. The Hall–Kier alpha value is -0.0800. The molecular formula is C7H18O2. The Balaban J connectivity index is 0. The number of ether oxygens (including phenoxy) is 1.